The van der Waals surface area contributed by atoms with E-state index >= 15 is 0 Å². The Morgan fingerprint density at radius 1 is 1.16 bits per heavy atom. The minimum absolute atomic E-state index is 0.312. The third-order valence-corrected chi connectivity index (χ3v) is 3.20. The van der Waals surface area contributed by atoms with Crippen molar-refractivity contribution in [3.05, 3.63) is 52.3 Å². The average molecular weight is 326 g/mol. The molecule has 0 aliphatic carbocycles. The Morgan fingerprint density at radius 2 is 1.89 bits per heavy atom. The van der Waals surface area contributed by atoms with Crippen molar-refractivity contribution in [1.29, 1.82) is 0 Å². The molecule has 0 radical (unpaired) electrons. The first-order chi connectivity index (χ1) is 9.10. The monoisotopic (exact) mass is 325 g/mol. The van der Waals surface area contributed by atoms with Crippen molar-refractivity contribution in [2.45, 2.75) is 6.61 Å². The van der Waals surface area contributed by atoms with Crippen molar-refractivity contribution in [2.75, 3.05) is 12.8 Å². The van der Waals surface area contributed by atoms with E-state index in [0.29, 0.717) is 28.3 Å². The Kier molecular flexibility index (Phi) is 4.27. The van der Waals surface area contributed by atoms with E-state index in [-0.39, 0.29) is 5.82 Å². The molecule has 3 nitrogen and oxygen atoms in total. The second kappa shape index (κ2) is 5.93. The van der Waals surface area contributed by atoms with Gasteiger partial charge in [0.1, 0.15) is 23.9 Å². The first-order valence-corrected chi connectivity index (χ1v) is 6.39. The molecule has 0 spiro atoms. The van der Waals surface area contributed by atoms with Crippen LogP contribution in [0.25, 0.3) is 0 Å². The minimum atomic E-state index is -0.312. The van der Waals surface area contributed by atoms with Crippen molar-refractivity contribution in [3.8, 4) is 11.5 Å². The van der Waals surface area contributed by atoms with Gasteiger partial charge in [-0.25, -0.2) is 4.39 Å². The van der Waals surface area contributed by atoms with Crippen LogP contribution in [0.5, 0.6) is 11.5 Å². The van der Waals surface area contributed by atoms with E-state index in [4.69, 9.17) is 15.2 Å². The third kappa shape index (κ3) is 3.38. The first-order valence-electron chi connectivity index (χ1n) is 5.60. The molecule has 5 heteroatoms. The van der Waals surface area contributed by atoms with E-state index in [1.54, 1.807) is 25.3 Å². The Bertz CT molecular complexity index is 590. The molecule has 2 rings (SSSR count). The summed E-state index contributed by atoms with van der Waals surface area (Å²) in [6.45, 7) is 0.346. The Balaban J connectivity index is 2.08. The number of hydrogen-bond acceptors (Lipinski definition) is 3. The number of anilines is 1. The van der Waals surface area contributed by atoms with Crippen LogP contribution in [-0.4, -0.2) is 7.11 Å². The lowest BCUT2D eigenvalue weighted by Gasteiger charge is -2.10. The molecule has 0 heterocycles. The van der Waals surface area contributed by atoms with Crippen LogP contribution >= 0.6 is 15.9 Å². The van der Waals surface area contributed by atoms with Crippen LogP contribution in [0.2, 0.25) is 0 Å². The standard InChI is InChI=1S/C14H13BrFNO2/c1-18-14-4-2-9(6-12(14)17)8-19-13-5-3-10(16)7-11(13)15/h2-7H,8,17H2,1H3. The van der Waals surface area contributed by atoms with E-state index in [2.05, 4.69) is 15.9 Å². The Hall–Kier alpha value is -1.75. The van der Waals surface area contributed by atoms with Gasteiger partial charge in [-0.3, -0.25) is 0 Å². The van der Waals surface area contributed by atoms with Gasteiger partial charge in [0.15, 0.2) is 0 Å². The SMILES string of the molecule is COc1ccc(COc2ccc(F)cc2Br)cc1N. The van der Waals surface area contributed by atoms with Crippen LogP contribution in [0.1, 0.15) is 5.56 Å². The zero-order valence-electron chi connectivity index (χ0n) is 10.3. The molecule has 19 heavy (non-hydrogen) atoms. The molecule has 0 aliphatic rings. The number of methoxy groups -OCH3 is 1. The van der Waals surface area contributed by atoms with Crippen molar-refractivity contribution in [1.82, 2.24) is 0 Å². The summed E-state index contributed by atoms with van der Waals surface area (Å²) < 4.78 is 24.2. The number of nitrogens with two attached hydrogens (primary N) is 1. The largest absolute Gasteiger partial charge is 0.495 e. The van der Waals surface area contributed by atoms with Crippen molar-refractivity contribution in [3.63, 3.8) is 0 Å². The summed E-state index contributed by atoms with van der Waals surface area (Å²) >= 11 is 3.25. The van der Waals surface area contributed by atoms with E-state index in [9.17, 15) is 4.39 Å². The lowest BCUT2D eigenvalue weighted by atomic mass is 10.2. The lowest BCUT2D eigenvalue weighted by Crippen LogP contribution is -1.99. The second-order valence-electron chi connectivity index (χ2n) is 3.94. The summed E-state index contributed by atoms with van der Waals surface area (Å²) in [7, 11) is 1.57. The number of hydrogen-bond donors (Lipinski definition) is 1. The number of rotatable bonds is 4. The van der Waals surface area contributed by atoms with E-state index in [1.807, 2.05) is 6.07 Å². The van der Waals surface area contributed by atoms with Crippen LogP contribution < -0.4 is 15.2 Å². The van der Waals surface area contributed by atoms with Crippen LogP contribution in [0.15, 0.2) is 40.9 Å². The molecular formula is C14H13BrFNO2. The summed E-state index contributed by atoms with van der Waals surface area (Å²) in [6.07, 6.45) is 0. The summed E-state index contributed by atoms with van der Waals surface area (Å²) in [4.78, 5) is 0. The average Bonchev–Trinajstić information content (AvgIpc) is 2.38. The van der Waals surface area contributed by atoms with E-state index < -0.39 is 0 Å². The van der Waals surface area contributed by atoms with Gasteiger partial charge in [0.05, 0.1) is 17.3 Å². The highest BCUT2D eigenvalue weighted by Gasteiger charge is 2.05. The van der Waals surface area contributed by atoms with Gasteiger partial charge in [-0.05, 0) is 51.8 Å². The van der Waals surface area contributed by atoms with E-state index in [1.165, 1.54) is 12.1 Å². The lowest BCUT2D eigenvalue weighted by molar-refractivity contribution is 0.303. The summed E-state index contributed by atoms with van der Waals surface area (Å²) in [5, 5.41) is 0. The molecule has 0 aromatic heterocycles. The van der Waals surface area contributed by atoms with Gasteiger partial charge >= 0.3 is 0 Å². The van der Waals surface area contributed by atoms with Crippen LogP contribution in [0, 0.1) is 5.82 Å². The zero-order chi connectivity index (χ0) is 13.8. The Morgan fingerprint density at radius 3 is 2.53 bits per heavy atom. The predicted molar refractivity (Wildman–Crippen MR) is 75.8 cm³/mol. The molecule has 2 aromatic carbocycles. The fourth-order valence-corrected chi connectivity index (χ4v) is 2.09. The normalized spacial score (nSPS) is 10.3. The number of nitrogen functional groups attached to an aromatic ring is 1. The fraction of sp³-hybridized carbons (Fsp3) is 0.143. The van der Waals surface area contributed by atoms with Crippen LogP contribution in [-0.2, 0) is 6.61 Å². The van der Waals surface area contributed by atoms with Gasteiger partial charge < -0.3 is 15.2 Å². The summed E-state index contributed by atoms with van der Waals surface area (Å²) in [6, 6.07) is 9.73. The van der Waals surface area contributed by atoms with Gasteiger partial charge in [0.2, 0.25) is 0 Å². The second-order valence-corrected chi connectivity index (χ2v) is 4.79. The molecule has 100 valence electrons. The van der Waals surface area contributed by atoms with Crippen LogP contribution in [0.3, 0.4) is 0 Å². The molecular weight excluding hydrogens is 313 g/mol. The van der Waals surface area contributed by atoms with Crippen LogP contribution in [0.4, 0.5) is 10.1 Å². The molecule has 0 saturated heterocycles. The topological polar surface area (TPSA) is 44.5 Å². The highest BCUT2D eigenvalue weighted by molar-refractivity contribution is 9.10. The third-order valence-electron chi connectivity index (χ3n) is 2.58. The van der Waals surface area contributed by atoms with Gasteiger partial charge in [-0.15, -0.1) is 0 Å². The highest BCUT2D eigenvalue weighted by Crippen LogP contribution is 2.27. The predicted octanol–water partition coefficient (Wildman–Crippen LogP) is 3.76. The zero-order valence-corrected chi connectivity index (χ0v) is 11.9. The summed E-state index contributed by atoms with van der Waals surface area (Å²) in [5.41, 5.74) is 7.28. The maximum atomic E-state index is 12.9. The maximum Gasteiger partial charge on any atom is 0.141 e. The number of halogens is 2. The molecule has 2 N–H and O–H groups in total. The smallest absolute Gasteiger partial charge is 0.141 e. The molecule has 0 amide bonds. The molecule has 0 atom stereocenters. The molecule has 2 aromatic rings. The van der Waals surface area contributed by atoms with Gasteiger partial charge in [-0.2, -0.15) is 0 Å². The van der Waals surface area contributed by atoms with E-state index in [0.717, 1.165) is 5.56 Å². The molecule has 0 aliphatic heterocycles. The number of benzene rings is 2. The van der Waals surface area contributed by atoms with Gasteiger partial charge in [-0.1, -0.05) is 6.07 Å². The highest BCUT2D eigenvalue weighted by atomic mass is 79.9. The van der Waals surface area contributed by atoms with Crippen molar-refractivity contribution in [2.24, 2.45) is 0 Å². The van der Waals surface area contributed by atoms with Crippen molar-refractivity contribution >= 4 is 21.6 Å². The quantitative estimate of drug-likeness (QED) is 0.870. The van der Waals surface area contributed by atoms with Gasteiger partial charge in [0, 0.05) is 0 Å². The minimum Gasteiger partial charge on any atom is -0.495 e. The van der Waals surface area contributed by atoms with Crippen molar-refractivity contribution < 1.29 is 13.9 Å². The Labute approximate surface area is 119 Å². The van der Waals surface area contributed by atoms with Gasteiger partial charge in [0.25, 0.3) is 0 Å². The molecule has 0 unspecified atom stereocenters. The maximum absolute atomic E-state index is 12.9. The molecule has 0 saturated carbocycles. The summed E-state index contributed by atoms with van der Waals surface area (Å²) in [5.74, 6) is 0.899. The fourth-order valence-electron chi connectivity index (χ4n) is 1.63. The number of ether oxygens (including phenoxy) is 2. The first kappa shape index (κ1) is 13.7. The molecule has 0 bridgehead atoms. The molecule has 0 fully saturated rings.